The Kier molecular flexibility index (Phi) is 4.58. The number of fused-ring (bicyclic) bond motifs is 1. The molecule has 2 aliphatic rings. The molecule has 1 atom stereocenters. The van der Waals surface area contributed by atoms with Crippen molar-refractivity contribution >= 4 is 29.2 Å². The van der Waals surface area contributed by atoms with Gasteiger partial charge in [-0.25, -0.2) is 4.79 Å². The van der Waals surface area contributed by atoms with E-state index in [9.17, 15) is 9.59 Å². The van der Waals surface area contributed by atoms with Gasteiger partial charge in [0.15, 0.2) is 0 Å². The summed E-state index contributed by atoms with van der Waals surface area (Å²) < 4.78 is 0. The standard InChI is InChI=1S/C18H23ClN2O3/c1-18(2,3)17(23)24-21-8-6-11(7-9-21)15-13-5-4-12(19)10-14(13)20-16(15)22/h4-5,10-11,15H,6-9H2,1-3H3,(H,20,22). The number of benzene rings is 1. The van der Waals surface area contributed by atoms with Gasteiger partial charge in [0.05, 0.1) is 11.3 Å². The first-order valence-corrected chi connectivity index (χ1v) is 8.71. The molecule has 3 rings (SSSR count). The molecule has 1 aromatic rings. The maximum Gasteiger partial charge on any atom is 0.330 e. The molecular weight excluding hydrogens is 328 g/mol. The van der Waals surface area contributed by atoms with Gasteiger partial charge in [-0.2, -0.15) is 0 Å². The maximum atomic E-state index is 12.4. The first kappa shape index (κ1) is 17.2. The molecule has 0 spiro atoms. The molecule has 1 saturated heterocycles. The fourth-order valence-corrected chi connectivity index (χ4v) is 3.45. The van der Waals surface area contributed by atoms with Crippen molar-refractivity contribution < 1.29 is 14.4 Å². The quantitative estimate of drug-likeness (QED) is 0.885. The molecule has 5 nitrogen and oxygen atoms in total. The lowest BCUT2D eigenvalue weighted by atomic mass is 9.81. The Balaban J connectivity index is 1.64. The summed E-state index contributed by atoms with van der Waals surface area (Å²) in [6.45, 7) is 6.82. The van der Waals surface area contributed by atoms with Crippen molar-refractivity contribution in [3.63, 3.8) is 0 Å². The second kappa shape index (κ2) is 6.37. The predicted octanol–water partition coefficient (Wildman–Crippen LogP) is 3.59. The third kappa shape index (κ3) is 3.42. The summed E-state index contributed by atoms with van der Waals surface area (Å²) in [5.74, 6) is -0.0771. The second-order valence-electron chi connectivity index (χ2n) is 7.59. The van der Waals surface area contributed by atoms with Crippen LogP contribution >= 0.6 is 11.6 Å². The molecule has 130 valence electrons. The number of carbonyl (C=O) groups excluding carboxylic acids is 2. The number of piperidine rings is 1. The maximum absolute atomic E-state index is 12.4. The molecule has 0 aromatic heterocycles. The molecule has 2 aliphatic heterocycles. The summed E-state index contributed by atoms with van der Waals surface area (Å²) in [7, 11) is 0. The van der Waals surface area contributed by atoms with Crippen molar-refractivity contribution in [2.75, 3.05) is 18.4 Å². The van der Waals surface area contributed by atoms with Gasteiger partial charge in [-0.3, -0.25) is 4.79 Å². The summed E-state index contributed by atoms with van der Waals surface area (Å²) in [6, 6.07) is 5.56. The Hall–Kier alpha value is -1.59. The van der Waals surface area contributed by atoms with Crippen LogP contribution in [-0.4, -0.2) is 30.0 Å². The number of amides is 1. The van der Waals surface area contributed by atoms with Crippen molar-refractivity contribution in [1.29, 1.82) is 0 Å². The van der Waals surface area contributed by atoms with Crippen LogP contribution in [0.1, 0.15) is 45.1 Å². The molecule has 0 radical (unpaired) electrons. The van der Waals surface area contributed by atoms with E-state index >= 15 is 0 Å². The van der Waals surface area contributed by atoms with Gasteiger partial charge in [-0.05, 0) is 57.2 Å². The number of halogens is 1. The van der Waals surface area contributed by atoms with Crippen LogP contribution in [0, 0.1) is 11.3 Å². The van der Waals surface area contributed by atoms with Crippen LogP contribution in [0.3, 0.4) is 0 Å². The van der Waals surface area contributed by atoms with Crippen LogP contribution in [0.5, 0.6) is 0 Å². The number of rotatable bonds is 2. The fraction of sp³-hybridized carbons (Fsp3) is 0.556. The van der Waals surface area contributed by atoms with E-state index in [1.807, 2.05) is 32.9 Å². The second-order valence-corrected chi connectivity index (χ2v) is 8.03. The van der Waals surface area contributed by atoms with Gasteiger partial charge in [0.2, 0.25) is 5.91 Å². The number of nitrogens with zero attached hydrogens (tertiary/aromatic N) is 1. The van der Waals surface area contributed by atoms with E-state index in [1.165, 1.54) is 0 Å². The third-order valence-electron chi connectivity index (χ3n) is 4.69. The topological polar surface area (TPSA) is 58.6 Å². The Morgan fingerprint density at radius 2 is 1.96 bits per heavy atom. The zero-order valence-electron chi connectivity index (χ0n) is 14.3. The Morgan fingerprint density at radius 3 is 2.58 bits per heavy atom. The highest BCUT2D eigenvalue weighted by atomic mass is 35.5. The van der Waals surface area contributed by atoms with Gasteiger partial charge in [-0.15, -0.1) is 5.06 Å². The van der Waals surface area contributed by atoms with Crippen LogP contribution in [0.25, 0.3) is 0 Å². The average Bonchev–Trinajstić information content (AvgIpc) is 2.82. The number of carbonyl (C=O) groups is 2. The van der Waals surface area contributed by atoms with Crippen molar-refractivity contribution in [3.8, 4) is 0 Å². The van der Waals surface area contributed by atoms with E-state index in [2.05, 4.69) is 5.32 Å². The average molecular weight is 351 g/mol. The third-order valence-corrected chi connectivity index (χ3v) is 4.92. The number of hydrogen-bond donors (Lipinski definition) is 1. The molecule has 1 unspecified atom stereocenters. The molecule has 1 aromatic carbocycles. The molecule has 1 amide bonds. The summed E-state index contributed by atoms with van der Waals surface area (Å²) in [4.78, 5) is 29.8. The van der Waals surface area contributed by atoms with Crippen molar-refractivity contribution in [2.45, 2.75) is 39.5 Å². The van der Waals surface area contributed by atoms with Crippen LogP contribution in [0.2, 0.25) is 5.02 Å². The summed E-state index contributed by atoms with van der Waals surface area (Å²) in [6.07, 6.45) is 1.63. The van der Waals surface area contributed by atoms with E-state index in [-0.39, 0.29) is 23.7 Å². The Morgan fingerprint density at radius 1 is 1.29 bits per heavy atom. The number of nitrogens with one attached hydrogen (secondary N) is 1. The normalized spacial score (nSPS) is 22.2. The molecule has 24 heavy (non-hydrogen) atoms. The first-order valence-electron chi connectivity index (χ1n) is 8.33. The smallest absolute Gasteiger partial charge is 0.330 e. The summed E-state index contributed by atoms with van der Waals surface area (Å²) >= 11 is 6.00. The molecule has 0 bridgehead atoms. The molecule has 0 aliphatic carbocycles. The lowest BCUT2D eigenvalue weighted by Gasteiger charge is -2.34. The molecule has 6 heteroatoms. The summed E-state index contributed by atoms with van der Waals surface area (Å²) in [5, 5.41) is 5.27. The van der Waals surface area contributed by atoms with E-state index in [1.54, 1.807) is 11.1 Å². The van der Waals surface area contributed by atoms with Crippen LogP contribution in [0.15, 0.2) is 18.2 Å². The zero-order chi connectivity index (χ0) is 17.5. The van der Waals surface area contributed by atoms with Crippen molar-refractivity contribution in [3.05, 3.63) is 28.8 Å². The Labute approximate surface area is 147 Å². The number of hydroxylamine groups is 2. The van der Waals surface area contributed by atoms with E-state index in [0.717, 1.165) is 24.1 Å². The Bertz CT molecular complexity index is 661. The lowest BCUT2D eigenvalue weighted by molar-refractivity contribution is -0.206. The monoisotopic (exact) mass is 350 g/mol. The number of hydrogen-bond acceptors (Lipinski definition) is 4. The lowest BCUT2D eigenvalue weighted by Crippen LogP contribution is -2.40. The van der Waals surface area contributed by atoms with Gasteiger partial charge in [0.1, 0.15) is 0 Å². The van der Waals surface area contributed by atoms with Crippen molar-refractivity contribution in [1.82, 2.24) is 5.06 Å². The van der Waals surface area contributed by atoms with Crippen LogP contribution in [0.4, 0.5) is 5.69 Å². The fourth-order valence-electron chi connectivity index (χ4n) is 3.28. The first-order chi connectivity index (χ1) is 11.3. The van der Waals surface area contributed by atoms with E-state index in [4.69, 9.17) is 16.4 Å². The SMILES string of the molecule is CC(C)(C)C(=O)ON1CCC(C2C(=O)Nc3cc(Cl)ccc32)CC1. The molecule has 1 N–H and O–H groups in total. The van der Waals surface area contributed by atoms with Gasteiger partial charge >= 0.3 is 5.97 Å². The predicted molar refractivity (Wildman–Crippen MR) is 92.7 cm³/mol. The highest BCUT2D eigenvalue weighted by Gasteiger charge is 2.39. The number of anilines is 1. The van der Waals surface area contributed by atoms with Crippen molar-refractivity contribution in [2.24, 2.45) is 11.3 Å². The molecular formula is C18H23ClN2O3. The largest absolute Gasteiger partial charge is 0.367 e. The van der Waals surface area contributed by atoms with E-state index in [0.29, 0.717) is 18.1 Å². The van der Waals surface area contributed by atoms with Gasteiger partial charge in [0, 0.05) is 23.8 Å². The molecule has 1 fully saturated rings. The van der Waals surface area contributed by atoms with Crippen LogP contribution < -0.4 is 5.32 Å². The highest BCUT2D eigenvalue weighted by Crippen LogP contribution is 2.42. The minimum atomic E-state index is -0.513. The van der Waals surface area contributed by atoms with Gasteiger partial charge in [0.25, 0.3) is 0 Å². The van der Waals surface area contributed by atoms with Crippen LogP contribution in [-0.2, 0) is 14.4 Å². The van der Waals surface area contributed by atoms with E-state index < -0.39 is 5.41 Å². The van der Waals surface area contributed by atoms with Gasteiger partial charge in [-0.1, -0.05) is 17.7 Å². The molecule has 0 saturated carbocycles. The molecule has 2 heterocycles. The zero-order valence-corrected chi connectivity index (χ0v) is 15.0. The minimum absolute atomic E-state index is 0.0393. The highest BCUT2D eigenvalue weighted by molar-refractivity contribution is 6.31. The van der Waals surface area contributed by atoms with Gasteiger partial charge < -0.3 is 10.2 Å². The minimum Gasteiger partial charge on any atom is -0.367 e. The summed E-state index contributed by atoms with van der Waals surface area (Å²) in [5.41, 5.74) is 1.33.